The number of aromatic nitrogens is 2. The average Bonchev–Trinajstić information content (AvgIpc) is 3.46. The number of hydrogen-bond acceptors (Lipinski definition) is 8. The molecule has 1 aliphatic carbocycles. The van der Waals surface area contributed by atoms with Crippen LogP contribution in [0.15, 0.2) is 33.9 Å². The van der Waals surface area contributed by atoms with Gasteiger partial charge in [-0.2, -0.15) is 0 Å². The first-order chi connectivity index (χ1) is 14.5. The molecule has 0 saturated carbocycles. The number of benzene rings is 1. The minimum atomic E-state index is -0.402. The molecule has 0 fully saturated rings. The van der Waals surface area contributed by atoms with E-state index < -0.39 is 5.25 Å². The maximum absolute atomic E-state index is 12.6. The number of amides is 1. The number of thiophene rings is 1. The second kappa shape index (κ2) is 7.96. The second-order valence-corrected chi connectivity index (χ2v) is 10.0. The number of rotatable bonds is 5. The van der Waals surface area contributed by atoms with Crippen molar-refractivity contribution in [3.63, 3.8) is 0 Å². The van der Waals surface area contributed by atoms with E-state index in [1.165, 1.54) is 28.6 Å². The molecule has 1 N–H and O–H groups in total. The van der Waals surface area contributed by atoms with Crippen LogP contribution in [0, 0.1) is 5.92 Å². The number of carbonyl (C=O) groups is 1. The van der Waals surface area contributed by atoms with Gasteiger partial charge in [-0.25, -0.2) is 0 Å². The molecule has 3 heterocycles. The van der Waals surface area contributed by atoms with Crippen LogP contribution in [0.5, 0.6) is 11.5 Å². The predicted octanol–water partition coefficient (Wildman–Crippen LogP) is 4.77. The van der Waals surface area contributed by atoms with Gasteiger partial charge in [-0.1, -0.05) is 18.7 Å². The molecule has 0 spiro atoms. The molecule has 2 unspecified atom stereocenters. The summed E-state index contributed by atoms with van der Waals surface area (Å²) in [6, 6.07) is 7.49. The average molecular weight is 444 g/mol. The van der Waals surface area contributed by atoms with E-state index in [-0.39, 0.29) is 12.7 Å². The number of nitrogens with zero attached hydrogens (tertiary/aromatic N) is 2. The predicted molar refractivity (Wildman–Crippen MR) is 115 cm³/mol. The highest BCUT2D eigenvalue weighted by atomic mass is 32.2. The van der Waals surface area contributed by atoms with Crippen molar-refractivity contribution in [2.75, 3.05) is 12.1 Å². The van der Waals surface area contributed by atoms with E-state index in [0.29, 0.717) is 28.3 Å². The Labute approximate surface area is 182 Å². The van der Waals surface area contributed by atoms with E-state index in [1.807, 2.05) is 6.92 Å². The Kier molecular flexibility index (Phi) is 5.16. The van der Waals surface area contributed by atoms with Gasteiger partial charge in [-0.15, -0.1) is 21.5 Å². The van der Waals surface area contributed by atoms with Crippen LogP contribution in [0.2, 0.25) is 0 Å². The second-order valence-electron chi connectivity index (χ2n) is 7.60. The smallest absolute Gasteiger partial charge is 0.277 e. The molecule has 1 aliphatic heterocycles. The van der Waals surface area contributed by atoms with E-state index in [2.05, 4.69) is 28.5 Å². The van der Waals surface area contributed by atoms with Crippen molar-refractivity contribution in [2.24, 2.45) is 5.92 Å². The van der Waals surface area contributed by atoms with Crippen molar-refractivity contribution in [2.45, 2.75) is 43.6 Å². The third kappa shape index (κ3) is 3.91. The Hall–Kier alpha value is -2.52. The highest BCUT2D eigenvalue weighted by molar-refractivity contribution is 8.00. The van der Waals surface area contributed by atoms with Gasteiger partial charge in [-0.3, -0.25) is 4.79 Å². The Morgan fingerprint density at radius 3 is 3.03 bits per heavy atom. The molecule has 156 valence electrons. The first-order valence-electron chi connectivity index (χ1n) is 9.88. The molecule has 0 saturated heterocycles. The lowest BCUT2D eigenvalue weighted by Crippen LogP contribution is -2.22. The van der Waals surface area contributed by atoms with Crippen LogP contribution >= 0.6 is 23.1 Å². The van der Waals surface area contributed by atoms with Gasteiger partial charge in [0, 0.05) is 16.6 Å². The molecule has 7 nitrogen and oxygen atoms in total. The van der Waals surface area contributed by atoms with E-state index in [4.69, 9.17) is 13.9 Å². The van der Waals surface area contributed by atoms with E-state index in [0.717, 1.165) is 23.6 Å². The fourth-order valence-corrected chi connectivity index (χ4v) is 5.40. The molecule has 30 heavy (non-hydrogen) atoms. The molecule has 2 aliphatic rings. The van der Waals surface area contributed by atoms with Gasteiger partial charge in [0.15, 0.2) is 11.5 Å². The molecule has 5 rings (SSSR count). The van der Waals surface area contributed by atoms with Crippen molar-refractivity contribution in [1.29, 1.82) is 0 Å². The number of carbonyl (C=O) groups excluding carboxylic acids is 1. The van der Waals surface area contributed by atoms with Crippen molar-refractivity contribution in [3.8, 4) is 22.3 Å². The molecule has 1 aromatic carbocycles. The Bertz CT molecular complexity index is 1090. The number of anilines is 1. The zero-order valence-corrected chi connectivity index (χ0v) is 18.3. The summed E-state index contributed by atoms with van der Waals surface area (Å²) in [5, 5.41) is 11.2. The monoisotopic (exact) mass is 443 g/mol. The van der Waals surface area contributed by atoms with Crippen LogP contribution in [-0.2, 0) is 17.6 Å². The number of ether oxygens (including phenoxy) is 2. The number of thioether (sulfide) groups is 1. The molecule has 2 atom stereocenters. The summed E-state index contributed by atoms with van der Waals surface area (Å²) in [6.07, 6.45) is 3.46. The van der Waals surface area contributed by atoms with Crippen molar-refractivity contribution < 1.29 is 18.7 Å². The molecular weight excluding hydrogens is 422 g/mol. The summed E-state index contributed by atoms with van der Waals surface area (Å²) in [6.45, 7) is 4.30. The number of nitrogens with one attached hydrogen (secondary N) is 1. The molecule has 2 aromatic heterocycles. The lowest BCUT2D eigenvalue weighted by atomic mass is 9.90. The van der Waals surface area contributed by atoms with Gasteiger partial charge >= 0.3 is 0 Å². The van der Waals surface area contributed by atoms with Gasteiger partial charge < -0.3 is 19.2 Å². The molecule has 1 amide bonds. The van der Waals surface area contributed by atoms with Gasteiger partial charge in [0.25, 0.3) is 11.1 Å². The van der Waals surface area contributed by atoms with E-state index in [9.17, 15) is 4.79 Å². The lowest BCUT2D eigenvalue weighted by Gasteiger charge is -2.16. The molecular formula is C21H21N3O4S2. The highest BCUT2D eigenvalue weighted by Gasteiger charge is 2.23. The van der Waals surface area contributed by atoms with Crippen molar-refractivity contribution in [3.05, 3.63) is 34.7 Å². The van der Waals surface area contributed by atoms with Crippen LogP contribution in [0.4, 0.5) is 5.69 Å². The number of hydrogen-bond donors (Lipinski definition) is 1. The zero-order valence-electron chi connectivity index (χ0n) is 16.6. The van der Waals surface area contributed by atoms with Crippen LogP contribution in [0.3, 0.4) is 0 Å². The van der Waals surface area contributed by atoms with Crippen LogP contribution in [0.1, 0.15) is 30.7 Å². The standard InChI is InChI=1S/C21H21N3O4S2/c1-11-3-6-17-13(7-11)8-18(30-17)20-23-24-21(28-20)29-12(2)19(25)22-14-4-5-15-16(9-14)27-10-26-15/h4-5,8-9,11-12H,3,6-7,10H2,1-2H3,(H,22,25). The molecule has 9 heteroatoms. The molecule has 0 radical (unpaired) electrons. The lowest BCUT2D eigenvalue weighted by molar-refractivity contribution is -0.115. The quantitative estimate of drug-likeness (QED) is 0.568. The van der Waals surface area contributed by atoms with Gasteiger partial charge in [-0.05, 0) is 55.9 Å². The summed E-state index contributed by atoms with van der Waals surface area (Å²) in [4.78, 5) is 15.0. The van der Waals surface area contributed by atoms with Crippen LogP contribution in [0.25, 0.3) is 10.8 Å². The van der Waals surface area contributed by atoms with Crippen molar-refractivity contribution >= 4 is 34.7 Å². The summed E-state index contributed by atoms with van der Waals surface area (Å²) in [7, 11) is 0. The Morgan fingerprint density at radius 2 is 2.13 bits per heavy atom. The minimum absolute atomic E-state index is 0.154. The summed E-state index contributed by atoms with van der Waals surface area (Å²) < 4.78 is 16.5. The summed E-state index contributed by atoms with van der Waals surface area (Å²) in [5.74, 6) is 2.39. The minimum Gasteiger partial charge on any atom is -0.454 e. The first kappa shape index (κ1) is 19.4. The third-order valence-corrected chi connectivity index (χ3v) is 7.39. The zero-order chi connectivity index (χ0) is 20.7. The summed E-state index contributed by atoms with van der Waals surface area (Å²) in [5.41, 5.74) is 2.05. The largest absolute Gasteiger partial charge is 0.454 e. The highest BCUT2D eigenvalue weighted by Crippen LogP contribution is 2.38. The SMILES string of the molecule is CC1CCc2sc(-c3nnc(SC(C)C(=O)Nc4ccc5c(c4)OCO5)o3)cc2C1. The first-order valence-corrected chi connectivity index (χ1v) is 11.6. The Morgan fingerprint density at radius 1 is 1.27 bits per heavy atom. The normalized spacial score (nSPS) is 18.1. The summed E-state index contributed by atoms with van der Waals surface area (Å²) >= 11 is 2.98. The van der Waals surface area contributed by atoms with Gasteiger partial charge in [0.05, 0.1) is 10.1 Å². The topological polar surface area (TPSA) is 86.5 Å². The number of fused-ring (bicyclic) bond motifs is 2. The fraction of sp³-hybridized carbons (Fsp3) is 0.381. The fourth-order valence-electron chi connectivity index (χ4n) is 3.59. The van der Waals surface area contributed by atoms with Gasteiger partial charge in [0.1, 0.15) is 0 Å². The van der Waals surface area contributed by atoms with E-state index in [1.54, 1.807) is 29.5 Å². The van der Waals surface area contributed by atoms with Crippen molar-refractivity contribution in [1.82, 2.24) is 10.2 Å². The van der Waals surface area contributed by atoms with E-state index >= 15 is 0 Å². The van der Waals surface area contributed by atoms with Crippen LogP contribution < -0.4 is 14.8 Å². The Balaban J connectivity index is 1.23. The van der Waals surface area contributed by atoms with Crippen LogP contribution in [-0.4, -0.2) is 28.1 Å². The number of aryl methyl sites for hydroxylation is 1. The molecule has 0 bridgehead atoms. The molecule has 3 aromatic rings. The third-order valence-electron chi connectivity index (χ3n) is 5.23. The van der Waals surface area contributed by atoms with Gasteiger partial charge in [0.2, 0.25) is 12.7 Å². The maximum Gasteiger partial charge on any atom is 0.277 e. The maximum atomic E-state index is 12.6.